The van der Waals surface area contributed by atoms with Gasteiger partial charge in [-0.2, -0.15) is 0 Å². The van der Waals surface area contributed by atoms with Crippen molar-refractivity contribution in [3.63, 3.8) is 0 Å². The van der Waals surface area contributed by atoms with Crippen LogP contribution in [0.3, 0.4) is 0 Å². The molecule has 0 spiro atoms. The number of aromatic amines is 1. The van der Waals surface area contributed by atoms with E-state index in [2.05, 4.69) is 55.3 Å². The van der Waals surface area contributed by atoms with Crippen LogP contribution in [0.4, 0.5) is 0 Å². The SMILES string of the molecule is COc1ccc2c(c1)c(-c1nc(-c3c[nH]c4ncccc34)cs1)cn2CCCCN1CCCCC1. The van der Waals surface area contributed by atoms with Gasteiger partial charge in [-0.3, -0.25) is 0 Å². The number of likely N-dealkylation sites (tertiary alicyclic amines) is 1. The molecule has 1 aromatic carbocycles. The van der Waals surface area contributed by atoms with E-state index in [-0.39, 0.29) is 0 Å². The molecule has 1 saturated heterocycles. The minimum atomic E-state index is 0.876. The average Bonchev–Trinajstić information content (AvgIpc) is 3.63. The van der Waals surface area contributed by atoms with Gasteiger partial charge in [-0.25, -0.2) is 9.97 Å². The molecule has 180 valence electrons. The Bertz CT molecular complexity index is 1440. The number of nitrogens with zero attached hydrogens (tertiary/aromatic N) is 4. The number of thiazole rings is 1. The summed E-state index contributed by atoms with van der Waals surface area (Å²) in [4.78, 5) is 15.4. The number of H-pyrrole nitrogens is 1. The van der Waals surface area contributed by atoms with E-state index in [0.717, 1.165) is 39.6 Å². The second-order valence-corrected chi connectivity index (χ2v) is 10.2. The maximum absolute atomic E-state index is 5.56. The first kappa shape index (κ1) is 22.3. The fourth-order valence-electron chi connectivity index (χ4n) is 5.25. The molecule has 1 N–H and O–H groups in total. The molecule has 1 fully saturated rings. The first-order valence-electron chi connectivity index (χ1n) is 12.6. The quantitative estimate of drug-likeness (QED) is 0.252. The molecule has 35 heavy (non-hydrogen) atoms. The fraction of sp³-hybridized carbons (Fsp3) is 0.357. The average molecular weight is 486 g/mol. The highest BCUT2D eigenvalue weighted by atomic mass is 32.1. The van der Waals surface area contributed by atoms with Crippen LogP contribution in [0.2, 0.25) is 0 Å². The molecule has 7 heteroatoms. The summed E-state index contributed by atoms with van der Waals surface area (Å²) in [6, 6.07) is 10.4. The summed E-state index contributed by atoms with van der Waals surface area (Å²) in [5, 5.41) is 5.47. The Morgan fingerprint density at radius 1 is 1.03 bits per heavy atom. The molecule has 4 aromatic heterocycles. The van der Waals surface area contributed by atoms with Gasteiger partial charge in [-0.15, -0.1) is 11.3 Å². The topological polar surface area (TPSA) is 59.0 Å². The van der Waals surface area contributed by atoms with E-state index in [1.165, 1.54) is 68.2 Å². The van der Waals surface area contributed by atoms with Gasteiger partial charge in [0, 0.05) is 57.9 Å². The predicted octanol–water partition coefficient (Wildman–Crippen LogP) is 6.58. The van der Waals surface area contributed by atoms with E-state index in [1.807, 2.05) is 18.5 Å². The van der Waals surface area contributed by atoms with Crippen molar-refractivity contribution in [2.75, 3.05) is 26.7 Å². The molecule has 6 rings (SSSR count). The molecule has 5 aromatic rings. The number of ether oxygens (including phenoxy) is 1. The van der Waals surface area contributed by atoms with Crippen LogP contribution >= 0.6 is 11.3 Å². The summed E-state index contributed by atoms with van der Waals surface area (Å²) in [5.74, 6) is 0.876. The van der Waals surface area contributed by atoms with Gasteiger partial charge in [0.05, 0.1) is 12.8 Å². The van der Waals surface area contributed by atoms with Gasteiger partial charge in [0.2, 0.25) is 0 Å². The lowest BCUT2D eigenvalue weighted by Gasteiger charge is -2.26. The van der Waals surface area contributed by atoms with Crippen LogP contribution in [0.5, 0.6) is 5.75 Å². The molecule has 0 radical (unpaired) electrons. The number of hydrogen-bond donors (Lipinski definition) is 1. The highest BCUT2D eigenvalue weighted by molar-refractivity contribution is 7.13. The summed E-state index contributed by atoms with van der Waals surface area (Å²) >= 11 is 1.69. The maximum atomic E-state index is 5.56. The van der Waals surface area contributed by atoms with E-state index in [0.29, 0.717) is 0 Å². The Morgan fingerprint density at radius 2 is 1.91 bits per heavy atom. The molecule has 0 atom stereocenters. The zero-order chi connectivity index (χ0) is 23.6. The van der Waals surface area contributed by atoms with Crippen molar-refractivity contribution in [1.29, 1.82) is 0 Å². The van der Waals surface area contributed by atoms with Crippen molar-refractivity contribution >= 4 is 33.3 Å². The lowest BCUT2D eigenvalue weighted by Crippen LogP contribution is -2.30. The predicted molar refractivity (Wildman–Crippen MR) is 144 cm³/mol. The van der Waals surface area contributed by atoms with Crippen LogP contribution in [-0.4, -0.2) is 51.2 Å². The summed E-state index contributed by atoms with van der Waals surface area (Å²) in [7, 11) is 1.73. The summed E-state index contributed by atoms with van der Waals surface area (Å²) < 4.78 is 7.96. The maximum Gasteiger partial charge on any atom is 0.137 e. The van der Waals surface area contributed by atoms with E-state index in [4.69, 9.17) is 9.72 Å². The van der Waals surface area contributed by atoms with Crippen LogP contribution in [-0.2, 0) is 6.54 Å². The van der Waals surface area contributed by atoms with Crippen LogP contribution in [0, 0.1) is 0 Å². The zero-order valence-electron chi connectivity index (χ0n) is 20.2. The van der Waals surface area contributed by atoms with Gasteiger partial charge in [-0.05, 0) is 75.6 Å². The van der Waals surface area contributed by atoms with E-state index in [9.17, 15) is 0 Å². The van der Waals surface area contributed by atoms with Crippen molar-refractivity contribution in [2.45, 2.75) is 38.6 Å². The van der Waals surface area contributed by atoms with Gasteiger partial charge in [-0.1, -0.05) is 6.42 Å². The second-order valence-electron chi connectivity index (χ2n) is 9.37. The molecular formula is C28H31N5OS. The highest BCUT2D eigenvalue weighted by Crippen LogP contribution is 2.37. The van der Waals surface area contributed by atoms with Crippen LogP contribution in [0.15, 0.2) is 54.3 Å². The van der Waals surface area contributed by atoms with Gasteiger partial charge in [0.25, 0.3) is 0 Å². The van der Waals surface area contributed by atoms with Crippen LogP contribution < -0.4 is 4.74 Å². The minimum Gasteiger partial charge on any atom is -0.497 e. The summed E-state index contributed by atoms with van der Waals surface area (Å²) in [5.41, 5.74) is 5.38. The molecule has 0 unspecified atom stereocenters. The smallest absolute Gasteiger partial charge is 0.137 e. The van der Waals surface area contributed by atoms with E-state index < -0.39 is 0 Å². The Balaban J connectivity index is 1.28. The van der Waals surface area contributed by atoms with Crippen LogP contribution in [0.1, 0.15) is 32.1 Å². The fourth-order valence-corrected chi connectivity index (χ4v) is 6.09. The minimum absolute atomic E-state index is 0.876. The summed E-state index contributed by atoms with van der Waals surface area (Å²) in [6.45, 7) is 4.78. The van der Waals surface area contributed by atoms with Crippen molar-refractivity contribution in [1.82, 2.24) is 24.4 Å². The second kappa shape index (κ2) is 9.84. The number of nitrogens with one attached hydrogen (secondary N) is 1. The number of piperidine rings is 1. The number of fused-ring (bicyclic) bond motifs is 2. The first-order chi connectivity index (χ1) is 17.3. The Labute approximate surface area is 209 Å². The third-order valence-corrected chi connectivity index (χ3v) is 8.00. The molecule has 0 bridgehead atoms. The first-order valence-corrected chi connectivity index (χ1v) is 13.5. The molecular weight excluding hydrogens is 454 g/mol. The van der Waals surface area contributed by atoms with E-state index >= 15 is 0 Å². The molecule has 0 aliphatic carbocycles. The molecule has 5 heterocycles. The van der Waals surface area contributed by atoms with Crippen molar-refractivity contribution in [3.05, 3.63) is 54.3 Å². The summed E-state index contributed by atoms with van der Waals surface area (Å²) in [6.07, 6.45) is 12.6. The highest BCUT2D eigenvalue weighted by Gasteiger charge is 2.17. The van der Waals surface area contributed by atoms with Crippen molar-refractivity contribution in [2.24, 2.45) is 0 Å². The number of hydrogen-bond acceptors (Lipinski definition) is 5. The van der Waals surface area contributed by atoms with Crippen molar-refractivity contribution in [3.8, 4) is 27.6 Å². The van der Waals surface area contributed by atoms with Gasteiger partial charge >= 0.3 is 0 Å². The Kier molecular flexibility index (Phi) is 6.27. The van der Waals surface area contributed by atoms with Gasteiger partial charge < -0.3 is 19.2 Å². The number of pyridine rings is 1. The zero-order valence-corrected chi connectivity index (χ0v) is 21.0. The Morgan fingerprint density at radius 3 is 2.80 bits per heavy atom. The molecule has 1 aliphatic rings. The largest absolute Gasteiger partial charge is 0.497 e. The Hall–Kier alpha value is -3.16. The third-order valence-electron chi connectivity index (χ3n) is 7.12. The van der Waals surface area contributed by atoms with Gasteiger partial charge in [0.1, 0.15) is 16.4 Å². The molecule has 0 amide bonds. The number of unbranched alkanes of at least 4 members (excludes halogenated alkanes) is 1. The molecule has 0 saturated carbocycles. The number of rotatable bonds is 8. The molecule has 6 nitrogen and oxygen atoms in total. The monoisotopic (exact) mass is 485 g/mol. The number of methoxy groups -OCH3 is 1. The third kappa shape index (κ3) is 4.46. The van der Waals surface area contributed by atoms with E-state index in [1.54, 1.807) is 18.4 Å². The van der Waals surface area contributed by atoms with Crippen LogP contribution in [0.25, 0.3) is 43.8 Å². The van der Waals surface area contributed by atoms with Crippen molar-refractivity contribution < 1.29 is 4.74 Å². The van der Waals surface area contributed by atoms with Gasteiger partial charge in [0.15, 0.2) is 0 Å². The number of benzene rings is 1. The number of aryl methyl sites for hydroxylation is 1. The standard InChI is InChI=1S/C28H31N5OS/c1-34-20-9-10-26-22(16-20)24(18-33(26)15-6-5-14-32-12-3-2-4-13-32)28-31-25(19-35-28)23-17-30-27-21(23)8-7-11-29-27/h7-11,16-19H,2-6,12-15H2,1H3,(H,29,30). The number of aromatic nitrogens is 4. The molecule has 1 aliphatic heterocycles. The normalized spacial score (nSPS) is 14.8. The lowest BCUT2D eigenvalue weighted by molar-refractivity contribution is 0.223. The lowest BCUT2D eigenvalue weighted by atomic mass is 10.1.